The number of rotatable bonds is 7. The monoisotopic (exact) mass is 536 g/mol. The third-order valence-corrected chi connectivity index (χ3v) is 8.79. The summed E-state index contributed by atoms with van der Waals surface area (Å²) >= 11 is 3.50. The summed E-state index contributed by atoms with van der Waals surface area (Å²) in [6, 6.07) is 5.96. The lowest BCUT2D eigenvalue weighted by atomic mass is 9.98. The molecule has 2 heterocycles. The SMILES string of the molecule is COC(=O)Cn1cc(C2CCN(S(=O)(=O)C3C=CC(OC(C)C)=CC3)C2)c2ccc(Br)cc21. The zero-order valence-corrected chi connectivity index (χ0v) is 21.4. The van der Waals surface area contributed by atoms with Crippen LogP contribution in [0.4, 0.5) is 0 Å². The molecule has 1 aliphatic heterocycles. The Morgan fingerprint density at radius 2 is 2.09 bits per heavy atom. The fourth-order valence-electron chi connectivity index (χ4n) is 4.52. The van der Waals surface area contributed by atoms with Crippen molar-refractivity contribution in [1.29, 1.82) is 0 Å². The number of nitrogens with zero attached hydrogens (tertiary/aromatic N) is 2. The van der Waals surface area contributed by atoms with E-state index in [2.05, 4.69) is 15.9 Å². The fourth-order valence-corrected chi connectivity index (χ4v) is 6.62. The van der Waals surface area contributed by atoms with Crippen molar-refractivity contribution < 1.29 is 22.7 Å². The van der Waals surface area contributed by atoms with E-state index < -0.39 is 15.3 Å². The number of hydrogen-bond acceptors (Lipinski definition) is 5. The first-order valence-electron chi connectivity index (χ1n) is 11.1. The highest BCUT2D eigenvalue weighted by molar-refractivity contribution is 9.10. The fraction of sp³-hybridized carbons (Fsp3) is 0.458. The van der Waals surface area contributed by atoms with Gasteiger partial charge in [0.15, 0.2) is 0 Å². The van der Waals surface area contributed by atoms with Crippen LogP contribution in [0.5, 0.6) is 0 Å². The van der Waals surface area contributed by atoms with E-state index in [1.165, 1.54) is 7.11 Å². The normalized spacial score (nSPS) is 21.5. The number of aromatic nitrogens is 1. The molecule has 2 atom stereocenters. The van der Waals surface area contributed by atoms with Gasteiger partial charge in [0.2, 0.25) is 10.0 Å². The molecule has 0 spiro atoms. The van der Waals surface area contributed by atoms with Gasteiger partial charge in [-0.25, -0.2) is 12.7 Å². The molecule has 0 amide bonds. The maximum absolute atomic E-state index is 13.3. The second kappa shape index (κ2) is 9.64. The van der Waals surface area contributed by atoms with Gasteiger partial charge in [0.25, 0.3) is 0 Å². The van der Waals surface area contributed by atoms with Gasteiger partial charge in [0.1, 0.15) is 12.3 Å². The van der Waals surface area contributed by atoms with Gasteiger partial charge in [-0.1, -0.05) is 28.1 Å². The van der Waals surface area contributed by atoms with Crippen LogP contribution in [0.2, 0.25) is 0 Å². The molecule has 1 aromatic carbocycles. The number of carbonyl (C=O) groups is 1. The highest BCUT2D eigenvalue weighted by Gasteiger charge is 2.37. The lowest BCUT2D eigenvalue weighted by molar-refractivity contribution is -0.141. The molecule has 2 aliphatic rings. The van der Waals surface area contributed by atoms with E-state index in [0.29, 0.717) is 19.5 Å². The summed E-state index contributed by atoms with van der Waals surface area (Å²) in [7, 11) is -2.10. The average molecular weight is 537 g/mol. The number of halogens is 1. The number of fused-ring (bicyclic) bond motifs is 1. The molecule has 9 heteroatoms. The van der Waals surface area contributed by atoms with E-state index in [-0.39, 0.29) is 24.5 Å². The topological polar surface area (TPSA) is 77.8 Å². The van der Waals surface area contributed by atoms with Crippen molar-refractivity contribution in [3.8, 4) is 0 Å². The molecule has 1 fully saturated rings. The van der Waals surface area contributed by atoms with Gasteiger partial charge >= 0.3 is 5.97 Å². The largest absolute Gasteiger partial charge is 0.491 e. The number of hydrogen-bond donors (Lipinski definition) is 0. The van der Waals surface area contributed by atoms with Crippen LogP contribution in [0, 0.1) is 0 Å². The molecule has 178 valence electrons. The van der Waals surface area contributed by atoms with Crippen LogP contribution < -0.4 is 0 Å². The van der Waals surface area contributed by atoms with Crippen molar-refractivity contribution in [2.45, 2.75) is 50.5 Å². The summed E-state index contributed by atoms with van der Waals surface area (Å²) in [5.74, 6) is 0.456. The Morgan fingerprint density at radius 1 is 1.30 bits per heavy atom. The van der Waals surface area contributed by atoms with Crippen LogP contribution in [-0.2, 0) is 30.8 Å². The van der Waals surface area contributed by atoms with Gasteiger partial charge in [-0.05, 0) is 56.5 Å². The van der Waals surface area contributed by atoms with Crippen molar-refractivity contribution in [3.63, 3.8) is 0 Å². The summed E-state index contributed by atoms with van der Waals surface area (Å²) in [5.41, 5.74) is 1.98. The standard InChI is InChI=1S/C24H29BrN2O5S/c1-16(2)32-19-5-7-20(8-6-19)33(29,30)27-11-10-17(13-27)22-14-26(15-24(28)31-3)23-12-18(25)4-9-21(22)23/h4-7,9,12,14,16-17,20H,8,10-11,13,15H2,1-3H3. The van der Waals surface area contributed by atoms with Crippen molar-refractivity contribution >= 4 is 42.8 Å². The quantitative estimate of drug-likeness (QED) is 0.492. The minimum Gasteiger partial charge on any atom is -0.491 e. The van der Waals surface area contributed by atoms with Gasteiger partial charge < -0.3 is 14.0 Å². The second-order valence-corrected chi connectivity index (χ2v) is 11.8. The minimum atomic E-state index is -3.47. The molecule has 1 aromatic heterocycles. The molecule has 0 bridgehead atoms. The van der Waals surface area contributed by atoms with Crippen molar-refractivity contribution in [2.75, 3.05) is 20.2 Å². The summed E-state index contributed by atoms with van der Waals surface area (Å²) in [6.45, 7) is 4.92. The molecule has 33 heavy (non-hydrogen) atoms. The average Bonchev–Trinajstić information content (AvgIpc) is 3.39. The molecule has 1 saturated heterocycles. The van der Waals surface area contributed by atoms with Gasteiger partial charge in [-0.2, -0.15) is 0 Å². The minimum absolute atomic E-state index is 0.0512. The van der Waals surface area contributed by atoms with E-state index >= 15 is 0 Å². The Labute approximate surface area is 203 Å². The van der Waals surface area contributed by atoms with Gasteiger partial charge in [0.05, 0.1) is 18.5 Å². The van der Waals surface area contributed by atoms with Crippen LogP contribution in [0.15, 0.2) is 52.9 Å². The number of ether oxygens (including phenoxy) is 2. The molecule has 7 nitrogen and oxygen atoms in total. The van der Waals surface area contributed by atoms with Crippen molar-refractivity contribution in [2.24, 2.45) is 0 Å². The van der Waals surface area contributed by atoms with Crippen LogP contribution in [-0.4, -0.2) is 54.8 Å². The Bertz CT molecular complexity index is 1210. The van der Waals surface area contributed by atoms with Crippen LogP contribution in [0.3, 0.4) is 0 Å². The Balaban J connectivity index is 1.54. The molecule has 4 rings (SSSR count). The molecule has 2 aromatic rings. The molecule has 1 aliphatic carbocycles. The van der Waals surface area contributed by atoms with Crippen molar-refractivity contribution in [3.05, 3.63) is 58.4 Å². The van der Waals surface area contributed by atoms with Crippen LogP contribution in [0.25, 0.3) is 10.9 Å². The molecular formula is C24H29BrN2O5S. The summed E-state index contributed by atoms with van der Waals surface area (Å²) in [4.78, 5) is 11.9. The Hall–Kier alpha value is -2.10. The van der Waals surface area contributed by atoms with Gasteiger partial charge in [0, 0.05) is 40.6 Å². The van der Waals surface area contributed by atoms with Crippen LogP contribution >= 0.6 is 15.9 Å². The van der Waals surface area contributed by atoms with Gasteiger partial charge in [-0.15, -0.1) is 0 Å². The predicted molar refractivity (Wildman–Crippen MR) is 131 cm³/mol. The number of allylic oxidation sites excluding steroid dienone is 2. The molecule has 2 unspecified atom stereocenters. The Morgan fingerprint density at radius 3 is 2.76 bits per heavy atom. The number of benzene rings is 1. The zero-order chi connectivity index (χ0) is 23.8. The Kier molecular flexibility index (Phi) is 7.02. The highest BCUT2D eigenvalue weighted by Crippen LogP contribution is 2.37. The number of esters is 1. The first-order chi connectivity index (χ1) is 15.7. The molecular weight excluding hydrogens is 508 g/mol. The van der Waals surface area contributed by atoms with Gasteiger partial charge in [-0.3, -0.25) is 4.79 Å². The second-order valence-electron chi connectivity index (χ2n) is 8.74. The zero-order valence-electron chi connectivity index (χ0n) is 19.0. The van der Waals surface area contributed by atoms with E-state index in [9.17, 15) is 13.2 Å². The first kappa shape index (κ1) is 24.0. The molecule has 0 radical (unpaired) electrons. The van der Waals surface area contributed by atoms with E-state index in [1.54, 1.807) is 16.5 Å². The van der Waals surface area contributed by atoms with E-state index in [4.69, 9.17) is 9.47 Å². The predicted octanol–water partition coefficient (Wildman–Crippen LogP) is 4.33. The number of methoxy groups -OCH3 is 1. The third-order valence-electron chi connectivity index (χ3n) is 6.13. The molecule has 0 N–H and O–H groups in total. The first-order valence-corrected chi connectivity index (χ1v) is 13.4. The third kappa shape index (κ3) is 5.05. The van der Waals surface area contributed by atoms with Crippen molar-refractivity contribution in [1.82, 2.24) is 8.87 Å². The maximum Gasteiger partial charge on any atom is 0.325 e. The van der Waals surface area contributed by atoms with E-state index in [0.717, 1.165) is 33.1 Å². The summed E-state index contributed by atoms with van der Waals surface area (Å²) < 4.78 is 41.6. The highest BCUT2D eigenvalue weighted by atomic mass is 79.9. The maximum atomic E-state index is 13.3. The summed E-state index contributed by atoms with van der Waals surface area (Å²) in [6.07, 6.45) is 8.52. The number of carbonyl (C=O) groups excluding carboxylic acids is 1. The van der Waals surface area contributed by atoms with E-state index in [1.807, 2.05) is 48.9 Å². The lowest BCUT2D eigenvalue weighted by Gasteiger charge is -2.24. The lowest BCUT2D eigenvalue weighted by Crippen LogP contribution is -2.36. The van der Waals surface area contributed by atoms with Crippen LogP contribution in [0.1, 0.15) is 38.2 Å². The molecule has 0 saturated carbocycles. The number of sulfonamides is 1. The smallest absolute Gasteiger partial charge is 0.325 e. The summed E-state index contributed by atoms with van der Waals surface area (Å²) in [5, 5.41) is 0.453.